The second-order valence-electron chi connectivity index (χ2n) is 21.5. The van der Waals surface area contributed by atoms with Crippen LogP contribution in [-0.2, 0) is 46.4 Å². The highest BCUT2D eigenvalue weighted by molar-refractivity contribution is 7.98. The van der Waals surface area contributed by atoms with Gasteiger partial charge in [0.15, 0.2) is 11.9 Å². The van der Waals surface area contributed by atoms with E-state index in [-0.39, 0.29) is 74.7 Å². The zero-order valence-electron chi connectivity index (χ0n) is 48.5. The van der Waals surface area contributed by atoms with Gasteiger partial charge in [-0.25, -0.2) is 0 Å². The number of primary amides is 1. The second kappa shape index (κ2) is 36.4. The van der Waals surface area contributed by atoms with Crippen molar-refractivity contribution < 1.29 is 33.6 Å². The van der Waals surface area contributed by atoms with Gasteiger partial charge in [-0.15, -0.1) is 0 Å². The first-order valence-electron chi connectivity index (χ1n) is 28.4. The molecule has 0 aliphatic rings. The molecule has 450 valence electrons. The molecular formula is C57H94N16O7S. The number of benzene rings is 2. The Labute approximate surface area is 482 Å². The van der Waals surface area contributed by atoms with Crippen LogP contribution in [-0.4, -0.2) is 138 Å². The highest BCUT2D eigenvalue weighted by atomic mass is 32.2. The Morgan fingerprint density at radius 3 is 1.69 bits per heavy atom. The minimum Gasteiger partial charge on any atom is -0.370 e. The number of nitrogens with one attached hydrogen (secondary N) is 12. The van der Waals surface area contributed by atoms with Gasteiger partial charge in [-0.05, 0) is 119 Å². The van der Waals surface area contributed by atoms with E-state index in [2.05, 4.69) is 52.8 Å². The standard InChI is InChI=1S/C57H94N16O7S/c1-8-35(4)48(49(59)74)67-37(6)45(31-38-19-10-9-11-20-38)71-53(78)44(25-29-81-7)70-55(80)47(32-39-33-66-41-22-13-12-21-40(39)41)73-52(77)42(23-14-15-26-58)68-51(76)43(24-17-28-65-57(62)63)69-54(79)46(30-34(2)3)72-50(75)36(5)18-16-27-64-56(60)61/h9-13,19-22,33-37,42-48,66-67H,8,14-18,23-32,58H2,1-7H3,(H2,59,74)(H,68,76)(H,69,79)(H,70,80)(H,71,78)(H,72,75)(H,73,77)(H4,60,61,64)(H4,62,63,65)/t35-,36-,37?,42-,43-,44-,45-,46-,47-,48-/m0/s1. The average molecular weight is 1150 g/mol. The van der Waals surface area contributed by atoms with Crippen molar-refractivity contribution in [1.82, 2.24) is 52.8 Å². The van der Waals surface area contributed by atoms with Gasteiger partial charge in [0.25, 0.3) is 0 Å². The van der Waals surface area contributed by atoms with Gasteiger partial charge in [0.05, 0.1) is 6.04 Å². The molecule has 3 aromatic rings. The number of rotatable bonds is 39. The van der Waals surface area contributed by atoms with Gasteiger partial charge in [0, 0.05) is 54.6 Å². The number of aromatic nitrogens is 1. The third kappa shape index (κ3) is 24.8. The summed E-state index contributed by atoms with van der Waals surface area (Å²) in [4.78, 5) is 102. The summed E-state index contributed by atoms with van der Waals surface area (Å²) < 4.78 is 0. The number of fused-ring (bicyclic) bond motifs is 1. The largest absolute Gasteiger partial charge is 0.370 e. The van der Waals surface area contributed by atoms with Gasteiger partial charge in [0.1, 0.15) is 30.2 Å². The van der Waals surface area contributed by atoms with Gasteiger partial charge >= 0.3 is 0 Å². The Morgan fingerprint density at radius 1 is 0.605 bits per heavy atom. The molecule has 20 N–H and O–H groups in total. The molecule has 23 nitrogen and oxygen atoms in total. The Morgan fingerprint density at radius 2 is 1.12 bits per heavy atom. The SMILES string of the molecule is CC[C@H](C)[C@H](NC(C)[C@H](Cc1ccccc1)NC(=O)[C@H](CCSC)NC(=O)[C@H](Cc1c[nH]c2ccccc12)NC(=O)[C@H](CCCCN)NC(=O)[C@H](CCCNC(=N)N)NC(=O)[C@H](CC(C)C)NC(=O)[C@@H](C)CCCNC(=N)N)C(N)=O. The lowest BCUT2D eigenvalue weighted by molar-refractivity contribution is -0.135. The number of aromatic amines is 1. The van der Waals surface area contributed by atoms with Crippen LogP contribution >= 0.6 is 11.8 Å². The number of nitrogens with two attached hydrogens (primary N) is 4. The molecule has 2 aromatic carbocycles. The van der Waals surface area contributed by atoms with Crippen LogP contribution in [0.4, 0.5) is 0 Å². The lowest BCUT2D eigenvalue weighted by Gasteiger charge is -2.32. The van der Waals surface area contributed by atoms with Crippen molar-refractivity contribution in [1.29, 1.82) is 10.8 Å². The summed E-state index contributed by atoms with van der Waals surface area (Å²) >= 11 is 1.50. The van der Waals surface area contributed by atoms with Gasteiger partial charge in [-0.3, -0.25) is 44.4 Å². The Kier molecular flexibility index (Phi) is 30.7. The number of thioether (sulfide) groups is 1. The maximum absolute atomic E-state index is 14.9. The molecule has 0 spiro atoms. The molecule has 0 aliphatic heterocycles. The second-order valence-corrected chi connectivity index (χ2v) is 22.4. The molecule has 81 heavy (non-hydrogen) atoms. The molecule has 0 fully saturated rings. The normalized spacial score (nSPS) is 15.0. The van der Waals surface area contributed by atoms with Crippen LogP contribution in [0.5, 0.6) is 0 Å². The first-order chi connectivity index (χ1) is 38.6. The minimum atomic E-state index is -1.27. The number of guanidine groups is 2. The van der Waals surface area contributed by atoms with Crippen molar-refractivity contribution in [3.63, 3.8) is 0 Å². The fourth-order valence-electron chi connectivity index (χ4n) is 9.33. The van der Waals surface area contributed by atoms with E-state index in [1.165, 1.54) is 11.8 Å². The van der Waals surface area contributed by atoms with Crippen LogP contribution in [0.1, 0.15) is 117 Å². The molecule has 1 aromatic heterocycles. The number of unbranched alkanes of at least 4 members (excludes halogenated alkanes) is 1. The third-order valence-corrected chi connectivity index (χ3v) is 14.9. The van der Waals surface area contributed by atoms with E-state index in [0.29, 0.717) is 62.9 Å². The van der Waals surface area contributed by atoms with Crippen molar-refractivity contribution in [2.75, 3.05) is 31.6 Å². The molecule has 10 atom stereocenters. The van der Waals surface area contributed by atoms with E-state index >= 15 is 0 Å². The van der Waals surface area contributed by atoms with Crippen LogP contribution < -0.4 is 70.8 Å². The van der Waals surface area contributed by atoms with Crippen LogP contribution in [0.15, 0.2) is 60.8 Å². The molecule has 0 saturated carbocycles. The monoisotopic (exact) mass is 1150 g/mol. The van der Waals surface area contributed by atoms with Crippen molar-refractivity contribution in [2.24, 2.45) is 40.7 Å². The number of amides is 7. The summed E-state index contributed by atoms with van der Waals surface area (Å²) in [5.74, 6) is -4.57. The summed E-state index contributed by atoms with van der Waals surface area (Å²) in [6.07, 6.45) is 7.54. The number of H-pyrrole nitrogens is 1. The Hall–Kier alpha value is -6.92. The van der Waals surface area contributed by atoms with Gasteiger partial charge in [-0.2, -0.15) is 11.8 Å². The number of carbonyl (C=O) groups is 7. The predicted molar refractivity (Wildman–Crippen MR) is 322 cm³/mol. The highest BCUT2D eigenvalue weighted by Gasteiger charge is 2.35. The van der Waals surface area contributed by atoms with Crippen LogP contribution in [0.25, 0.3) is 10.9 Å². The number of carbonyl (C=O) groups excluding carboxylic acids is 7. The Balaban J connectivity index is 2.01. The van der Waals surface area contributed by atoms with E-state index < -0.39 is 89.7 Å². The quantitative estimate of drug-likeness (QED) is 0.0220. The van der Waals surface area contributed by atoms with Crippen molar-refractivity contribution in [3.8, 4) is 0 Å². The first-order valence-corrected chi connectivity index (χ1v) is 29.8. The van der Waals surface area contributed by atoms with Gasteiger partial charge in [-0.1, -0.05) is 89.6 Å². The molecule has 1 unspecified atom stereocenters. The Bertz CT molecular complexity index is 2480. The third-order valence-electron chi connectivity index (χ3n) is 14.3. The number of para-hydroxylation sites is 1. The number of hydrogen-bond acceptors (Lipinski definition) is 12. The van der Waals surface area contributed by atoms with E-state index in [1.54, 1.807) is 13.1 Å². The fraction of sp³-hybridized carbons (Fsp3) is 0.596. The highest BCUT2D eigenvalue weighted by Crippen LogP contribution is 2.21. The summed E-state index contributed by atoms with van der Waals surface area (Å²) in [5, 5.41) is 42.3. The van der Waals surface area contributed by atoms with Crippen LogP contribution in [0, 0.1) is 28.6 Å². The lowest BCUT2D eigenvalue weighted by atomic mass is 9.94. The molecule has 7 amide bonds. The van der Waals surface area contributed by atoms with Crippen molar-refractivity contribution in [3.05, 3.63) is 71.9 Å². The number of hydrogen-bond donors (Lipinski definition) is 16. The van der Waals surface area contributed by atoms with Crippen LogP contribution in [0.3, 0.4) is 0 Å². The zero-order chi connectivity index (χ0) is 60.0. The molecule has 0 bridgehead atoms. The fourth-order valence-corrected chi connectivity index (χ4v) is 9.80. The van der Waals surface area contributed by atoms with E-state index in [4.69, 9.17) is 33.8 Å². The topological polar surface area (TPSA) is 395 Å². The minimum absolute atomic E-state index is 0.0116. The molecular weight excluding hydrogens is 1050 g/mol. The maximum atomic E-state index is 14.9. The van der Waals surface area contributed by atoms with E-state index in [0.717, 1.165) is 16.5 Å². The maximum Gasteiger partial charge on any atom is 0.243 e. The zero-order valence-corrected chi connectivity index (χ0v) is 49.3. The lowest BCUT2D eigenvalue weighted by Crippen LogP contribution is -2.61. The molecule has 1 heterocycles. The van der Waals surface area contributed by atoms with Gasteiger partial charge in [0.2, 0.25) is 41.4 Å². The van der Waals surface area contributed by atoms with Crippen molar-refractivity contribution >= 4 is 75.9 Å². The first kappa shape index (κ1) is 68.4. The molecule has 24 heteroatoms. The van der Waals surface area contributed by atoms with Crippen LogP contribution in [0.2, 0.25) is 0 Å². The molecule has 3 rings (SSSR count). The molecule has 0 radical (unpaired) electrons. The van der Waals surface area contributed by atoms with E-state index in [1.807, 2.05) is 95.5 Å². The summed E-state index contributed by atoms with van der Waals surface area (Å²) in [7, 11) is 0. The van der Waals surface area contributed by atoms with E-state index in [9.17, 15) is 33.6 Å². The average Bonchev–Trinajstić information content (AvgIpc) is 3.84. The van der Waals surface area contributed by atoms with Gasteiger partial charge < -0.3 is 75.8 Å². The smallest absolute Gasteiger partial charge is 0.243 e. The molecule has 0 saturated heterocycles. The summed E-state index contributed by atoms with van der Waals surface area (Å²) in [6, 6.07) is 9.62. The molecule has 0 aliphatic carbocycles. The summed E-state index contributed by atoms with van der Waals surface area (Å²) in [5.41, 5.74) is 25.2. The summed E-state index contributed by atoms with van der Waals surface area (Å²) in [6.45, 7) is 12.2. The van der Waals surface area contributed by atoms with Crippen molar-refractivity contribution in [2.45, 2.75) is 167 Å². The predicted octanol–water partition coefficient (Wildman–Crippen LogP) is 1.83.